The van der Waals surface area contributed by atoms with Crippen molar-refractivity contribution in [2.75, 3.05) is 20.3 Å². The van der Waals surface area contributed by atoms with Gasteiger partial charge in [0.15, 0.2) is 0 Å². The molecule has 0 aromatic heterocycles. The van der Waals surface area contributed by atoms with Crippen LogP contribution in [0.2, 0.25) is 0 Å². The van der Waals surface area contributed by atoms with Crippen LogP contribution in [0.25, 0.3) is 11.1 Å². The zero-order chi connectivity index (χ0) is 12.6. The normalized spacial score (nSPS) is 10.5. The zero-order valence-electron chi connectivity index (χ0n) is 10.8. The van der Waals surface area contributed by atoms with Gasteiger partial charge in [0.1, 0.15) is 0 Å². The fourth-order valence-electron chi connectivity index (χ4n) is 1.94. The molecule has 0 spiro atoms. The predicted octanol–water partition coefficient (Wildman–Crippen LogP) is 2.66. The highest BCUT2D eigenvalue weighted by Gasteiger charge is 1.97. The van der Waals surface area contributed by atoms with Crippen LogP contribution in [-0.4, -0.2) is 20.3 Å². The Kier molecular flexibility index (Phi) is 4.94. The standard InChI is InChI=1S/C16H20N2/c1-17-13-18-12-11-14-7-9-16(10-8-14)15-5-3-2-4-6-15/h2-10,17-18H,11-13H2,1H3. The van der Waals surface area contributed by atoms with E-state index in [1.54, 1.807) is 0 Å². The molecule has 0 radical (unpaired) electrons. The molecule has 0 atom stereocenters. The molecule has 2 rings (SSSR count). The second kappa shape index (κ2) is 6.94. The summed E-state index contributed by atoms with van der Waals surface area (Å²) in [6, 6.07) is 19.3. The van der Waals surface area contributed by atoms with E-state index in [2.05, 4.69) is 59.2 Å². The van der Waals surface area contributed by atoms with Crippen LogP contribution in [0.15, 0.2) is 54.6 Å². The van der Waals surface area contributed by atoms with Gasteiger partial charge in [0, 0.05) is 13.2 Å². The van der Waals surface area contributed by atoms with E-state index in [4.69, 9.17) is 0 Å². The molecular formula is C16H20N2. The number of nitrogens with one attached hydrogen (secondary N) is 2. The highest BCUT2D eigenvalue weighted by molar-refractivity contribution is 5.63. The summed E-state index contributed by atoms with van der Waals surface area (Å²) >= 11 is 0. The molecule has 0 saturated heterocycles. The van der Waals surface area contributed by atoms with Gasteiger partial charge < -0.3 is 10.6 Å². The molecule has 0 saturated carbocycles. The van der Waals surface area contributed by atoms with Gasteiger partial charge in [-0.05, 0) is 30.2 Å². The quantitative estimate of drug-likeness (QED) is 0.599. The molecule has 0 bridgehead atoms. The third-order valence-electron chi connectivity index (χ3n) is 2.95. The van der Waals surface area contributed by atoms with Crippen molar-refractivity contribution in [3.8, 4) is 11.1 Å². The minimum Gasteiger partial charge on any atom is -0.308 e. The lowest BCUT2D eigenvalue weighted by atomic mass is 10.0. The van der Waals surface area contributed by atoms with Gasteiger partial charge in [-0.25, -0.2) is 0 Å². The van der Waals surface area contributed by atoms with Gasteiger partial charge in [0.25, 0.3) is 0 Å². The van der Waals surface area contributed by atoms with Crippen molar-refractivity contribution in [2.45, 2.75) is 6.42 Å². The van der Waals surface area contributed by atoms with Crippen LogP contribution in [0.3, 0.4) is 0 Å². The summed E-state index contributed by atoms with van der Waals surface area (Å²) in [6.07, 6.45) is 1.07. The van der Waals surface area contributed by atoms with Crippen LogP contribution in [0.1, 0.15) is 5.56 Å². The summed E-state index contributed by atoms with van der Waals surface area (Å²) < 4.78 is 0. The van der Waals surface area contributed by atoms with Crippen LogP contribution in [0.4, 0.5) is 0 Å². The first kappa shape index (κ1) is 12.8. The lowest BCUT2D eigenvalue weighted by molar-refractivity contribution is 0.631. The van der Waals surface area contributed by atoms with Crippen molar-refractivity contribution in [3.63, 3.8) is 0 Å². The summed E-state index contributed by atoms with van der Waals surface area (Å²) in [5.41, 5.74) is 3.93. The van der Waals surface area contributed by atoms with E-state index < -0.39 is 0 Å². The molecule has 0 fully saturated rings. The third kappa shape index (κ3) is 3.69. The summed E-state index contributed by atoms with van der Waals surface area (Å²) in [5, 5.41) is 6.39. The molecule has 0 unspecified atom stereocenters. The Balaban J connectivity index is 1.94. The van der Waals surface area contributed by atoms with E-state index in [9.17, 15) is 0 Å². The highest BCUT2D eigenvalue weighted by atomic mass is 15.0. The van der Waals surface area contributed by atoms with E-state index in [0.717, 1.165) is 19.6 Å². The monoisotopic (exact) mass is 240 g/mol. The fourth-order valence-corrected chi connectivity index (χ4v) is 1.94. The number of rotatable bonds is 6. The van der Waals surface area contributed by atoms with Gasteiger partial charge in [-0.3, -0.25) is 0 Å². The SMILES string of the molecule is CNCNCCc1ccc(-c2ccccc2)cc1. The van der Waals surface area contributed by atoms with E-state index >= 15 is 0 Å². The molecule has 0 amide bonds. The van der Waals surface area contributed by atoms with Crippen LogP contribution >= 0.6 is 0 Å². The summed E-state index contributed by atoms with van der Waals surface area (Å²) in [4.78, 5) is 0. The van der Waals surface area contributed by atoms with Crippen molar-refractivity contribution in [1.82, 2.24) is 10.6 Å². The minimum atomic E-state index is 0.863. The van der Waals surface area contributed by atoms with Gasteiger partial charge in [0.05, 0.1) is 0 Å². The van der Waals surface area contributed by atoms with Crippen LogP contribution < -0.4 is 10.6 Å². The van der Waals surface area contributed by atoms with Crippen LogP contribution in [-0.2, 0) is 6.42 Å². The first-order valence-electron chi connectivity index (χ1n) is 6.40. The van der Waals surface area contributed by atoms with E-state index in [0.29, 0.717) is 0 Å². The summed E-state index contributed by atoms with van der Waals surface area (Å²) in [7, 11) is 1.95. The van der Waals surface area contributed by atoms with Crippen molar-refractivity contribution in [3.05, 3.63) is 60.2 Å². The van der Waals surface area contributed by atoms with Gasteiger partial charge >= 0.3 is 0 Å². The van der Waals surface area contributed by atoms with Gasteiger partial charge in [-0.15, -0.1) is 0 Å². The minimum absolute atomic E-state index is 0.863. The average molecular weight is 240 g/mol. The second-order valence-electron chi connectivity index (χ2n) is 4.34. The molecule has 94 valence electrons. The maximum atomic E-state index is 3.32. The number of hydrogen-bond donors (Lipinski definition) is 2. The number of hydrogen-bond acceptors (Lipinski definition) is 2. The van der Waals surface area contributed by atoms with Crippen molar-refractivity contribution in [2.24, 2.45) is 0 Å². The fraction of sp³-hybridized carbons (Fsp3) is 0.250. The molecule has 0 aliphatic heterocycles. The zero-order valence-corrected chi connectivity index (χ0v) is 10.8. The Bertz CT molecular complexity index is 448. The van der Waals surface area contributed by atoms with E-state index in [1.807, 2.05) is 13.1 Å². The van der Waals surface area contributed by atoms with E-state index in [-0.39, 0.29) is 0 Å². The maximum Gasteiger partial charge on any atom is 0.0451 e. The Morgan fingerprint density at radius 2 is 1.50 bits per heavy atom. The largest absolute Gasteiger partial charge is 0.308 e. The summed E-state index contributed by atoms with van der Waals surface area (Å²) in [5.74, 6) is 0. The number of benzene rings is 2. The molecule has 2 N–H and O–H groups in total. The molecule has 2 aromatic rings. The Morgan fingerprint density at radius 1 is 0.833 bits per heavy atom. The van der Waals surface area contributed by atoms with Crippen LogP contribution in [0, 0.1) is 0 Å². The van der Waals surface area contributed by atoms with Crippen molar-refractivity contribution in [1.29, 1.82) is 0 Å². The van der Waals surface area contributed by atoms with Gasteiger partial charge in [0.2, 0.25) is 0 Å². The Hall–Kier alpha value is -1.64. The summed E-state index contributed by atoms with van der Waals surface area (Å²) in [6.45, 7) is 1.87. The highest BCUT2D eigenvalue weighted by Crippen LogP contribution is 2.19. The molecule has 2 aromatic carbocycles. The molecule has 0 aliphatic rings. The lowest BCUT2D eigenvalue weighted by Gasteiger charge is -2.06. The molecule has 0 heterocycles. The molecule has 2 heteroatoms. The van der Waals surface area contributed by atoms with Gasteiger partial charge in [-0.1, -0.05) is 54.6 Å². The topological polar surface area (TPSA) is 24.1 Å². The first-order valence-corrected chi connectivity index (χ1v) is 6.40. The lowest BCUT2D eigenvalue weighted by Crippen LogP contribution is -2.27. The smallest absolute Gasteiger partial charge is 0.0451 e. The van der Waals surface area contributed by atoms with E-state index in [1.165, 1.54) is 16.7 Å². The Morgan fingerprint density at radius 3 is 2.17 bits per heavy atom. The van der Waals surface area contributed by atoms with Crippen LogP contribution in [0.5, 0.6) is 0 Å². The molecule has 2 nitrogen and oxygen atoms in total. The van der Waals surface area contributed by atoms with Gasteiger partial charge in [-0.2, -0.15) is 0 Å². The first-order chi connectivity index (χ1) is 8.90. The molecule has 18 heavy (non-hydrogen) atoms. The third-order valence-corrected chi connectivity index (χ3v) is 2.95. The average Bonchev–Trinajstić information content (AvgIpc) is 2.45. The molecular weight excluding hydrogens is 220 g/mol. The van der Waals surface area contributed by atoms with Crippen molar-refractivity contribution < 1.29 is 0 Å². The predicted molar refractivity (Wildman–Crippen MR) is 77.5 cm³/mol. The molecule has 0 aliphatic carbocycles. The van der Waals surface area contributed by atoms with Crippen molar-refractivity contribution >= 4 is 0 Å². The second-order valence-corrected chi connectivity index (χ2v) is 4.34. The maximum absolute atomic E-state index is 3.32. The Labute approximate surface area is 109 Å².